The van der Waals surface area contributed by atoms with E-state index < -0.39 is 0 Å². The molecule has 0 aliphatic carbocycles. The zero-order valence-corrected chi connectivity index (χ0v) is 17.7. The summed E-state index contributed by atoms with van der Waals surface area (Å²) in [6.45, 7) is 6.06. The molecule has 2 aromatic carbocycles. The molecule has 0 unspecified atom stereocenters. The molecule has 1 amide bonds. The Bertz CT molecular complexity index is 1060. The standard InChI is InChI=1S/C25H28N4O/c1-18-17-23(22-9-5-6-10-24(22)26-18)25(30)28-27-19(2)20-11-13-21(14-12-20)29-15-7-3-4-8-16-29/h5-6,9-14,17H,3-4,7-8,15-16H2,1-2H3,(H,28,30). The predicted octanol–water partition coefficient (Wildman–Crippen LogP) is 5.08. The van der Waals surface area contributed by atoms with Crippen LogP contribution in [0.25, 0.3) is 10.9 Å². The minimum absolute atomic E-state index is 0.225. The number of rotatable bonds is 4. The van der Waals surface area contributed by atoms with E-state index in [1.165, 1.54) is 31.4 Å². The summed E-state index contributed by atoms with van der Waals surface area (Å²) >= 11 is 0. The van der Waals surface area contributed by atoms with E-state index in [-0.39, 0.29) is 5.91 Å². The first kappa shape index (κ1) is 20.1. The predicted molar refractivity (Wildman–Crippen MR) is 123 cm³/mol. The van der Waals surface area contributed by atoms with Gasteiger partial charge in [-0.05, 0) is 56.5 Å². The van der Waals surface area contributed by atoms with Crippen LogP contribution in [0.4, 0.5) is 5.69 Å². The van der Waals surface area contributed by atoms with Crippen molar-refractivity contribution in [1.82, 2.24) is 10.4 Å². The fourth-order valence-electron chi connectivity index (χ4n) is 4.00. The van der Waals surface area contributed by atoms with Gasteiger partial charge in [-0.15, -0.1) is 0 Å². The van der Waals surface area contributed by atoms with Gasteiger partial charge in [0.15, 0.2) is 0 Å². The topological polar surface area (TPSA) is 57.6 Å². The van der Waals surface area contributed by atoms with Crippen LogP contribution in [0.2, 0.25) is 0 Å². The average molecular weight is 401 g/mol. The van der Waals surface area contributed by atoms with Gasteiger partial charge in [-0.3, -0.25) is 9.78 Å². The van der Waals surface area contributed by atoms with Gasteiger partial charge in [0, 0.05) is 29.9 Å². The highest BCUT2D eigenvalue weighted by Crippen LogP contribution is 2.21. The molecule has 1 aliphatic rings. The van der Waals surface area contributed by atoms with E-state index in [1.54, 1.807) is 6.07 Å². The van der Waals surface area contributed by atoms with Crippen molar-refractivity contribution in [2.45, 2.75) is 39.5 Å². The van der Waals surface area contributed by atoms with Crippen molar-refractivity contribution in [2.75, 3.05) is 18.0 Å². The van der Waals surface area contributed by atoms with Crippen LogP contribution in [-0.4, -0.2) is 29.7 Å². The number of aromatic nitrogens is 1. The van der Waals surface area contributed by atoms with Crippen LogP contribution in [0.3, 0.4) is 0 Å². The molecule has 1 N–H and O–H groups in total. The smallest absolute Gasteiger partial charge is 0.272 e. The third-order valence-electron chi connectivity index (χ3n) is 5.67. The van der Waals surface area contributed by atoms with E-state index in [0.29, 0.717) is 5.56 Å². The molecule has 1 saturated heterocycles. The number of amides is 1. The fraction of sp³-hybridized carbons (Fsp3) is 0.320. The maximum absolute atomic E-state index is 12.8. The van der Waals surface area contributed by atoms with Gasteiger partial charge < -0.3 is 4.90 Å². The molecule has 1 aromatic heterocycles. The molecule has 154 valence electrons. The number of para-hydroxylation sites is 1. The second-order valence-electron chi connectivity index (χ2n) is 7.91. The molecular weight excluding hydrogens is 372 g/mol. The monoisotopic (exact) mass is 400 g/mol. The van der Waals surface area contributed by atoms with E-state index in [2.05, 4.69) is 44.7 Å². The second-order valence-corrected chi connectivity index (χ2v) is 7.91. The molecule has 0 saturated carbocycles. The Balaban J connectivity index is 1.48. The van der Waals surface area contributed by atoms with E-state index in [0.717, 1.165) is 41.0 Å². The molecule has 5 heteroatoms. The first-order valence-corrected chi connectivity index (χ1v) is 10.7. The number of carbonyl (C=O) groups is 1. The highest BCUT2D eigenvalue weighted by molar-refractivity contribution is 6.07. The van der Waals surface area contributed by atoms with Gasteiger partial charge in [-0.25, -0.2) is 5.43 Å². The molecule has 3 aromatic rings. The van der Waals surface area contributed by atoms with Gasteiger partial charge in [0.05, 0.1) is 16.8 Å². The van der Waals surface area contributed by atoms with Gasteiger partial charge in [0.25, 0.3) is 5.91 Å². The molecule has 0 radical (unpaired) electrons. The number of nitrogens with zero attached hydrogens (tertiary/aromatic N) is 3. The Hall–Kier alpha value is -3.21. The molecular formula is C25H28N4O. The number of pyridine rings is 1. The number of fused-ring (bicyclic) bond motifs is 1. The molecule has 2 heterocycles. The van der Waals surface area contributed by atoms with Crippen molar-refractivity contribution in [3.63, 3.8) is 0 Å². The number of hydrogen-bond donors (Lipinski definition) is 1. The number of hydrazone groups is 1. The fourth-order valence-corrected chi connectivity index (χ4v) is 4.00. The van der Waals surface area contributed by atoms with E-state index >= 15 is 0 Å². The number of carbonyl (C=O) groups excluding carboxylic acids is 1. The molecule has 0 atom stereocenters. The van der Waals surface area contributed by atoms with Gasteiger partial charge in [0.1, 0.15) is 0 Å². The molecule has 30 heavy (non-hydrogen) atoms. The molecule has 1 aliphatic heterocycles. The van der Waals surface area contributed by atoms with Crippen molar-refractivity contribution in [2.24, 2.45) is 5.10 Å². The normalized spacial score (nSPS) is 15.1. The number of nitrogens with one attached hydrogen (secondary N) is 1. The SMILES string of the molecule is CC(=NNC(=O)c1cc(C)nc2ccccc12)c1ccc(N2CCCCCC2)cc1. The molecule has 0 spiro atoms. The zero-order valence-electron chi connectivity index (χ0n) is 17.7. The van der Waals surface area contributed by atoms with Crippen LogP contribution in [0.1, 0.15) is 54.2 Å². The lowest BCUT2D eigenvalue weighted by Gasteiger charge is -2.22. The van der Waals surface area contributed by atoms with E-state index in [9.17, 15) is 4.79 Å². The molecule has 0 bridgehead atoms. The maximum Gasteiger partial charge on any atom is 0.272 e. The summed E-state index contributed by atoms with van der Waals surface area (Å²) in [5.74, 6) is -0.225. The van der Waals surface area contributed by atoms with Crippen LogP contribution >= 0.6 is 0 Å². The average Bonchev–Trinajstić information content (AvgIpc) is 3.06. The van der Waals surface area contributed by atoms with Crippen molar-refractivity contribution in [3.05, 3.63) is 71.4 Å². The minimum Gasteiger partial charge on any atom is -0.372 e. The van der Waals surface area contributed by atoms with Gasteiger partial charge >= 0.3 is 0 Å². The first-order chi connectivity index (χ1) is 14.6. The molecule has 1 fully saturated rings. The quantitative estimate of drug-likeness (QED) is 0.491. The number of aryl methyl sites for hydroxylation is 1. The van der Waals surface area contributed by atoms with Crippen molar-refractivity contribution >= 4 is 28.2 Å². The summed E-state index contributed by atoms with van der Waals surface area (Å²) in [4.78, 5) is 19.7. The van der Waals surface area contributed by atoms with Crippen molar-refractivity contribution in [3.8, 4) is 0 Å². The Morgan fingerprint density at radius 3 is 2.43 bits per heavy atom. The van der Waals surface area contributed by atoms with Gasteiger partial charge in [-0.1, -0.05) is 43.2 Å². The Morgan fingerprint density at radius 1 is 1.00 bits per heavy atom. The lowest BCUT2D eigenvalue weighted by atomic mass is 10.1. The van der Waals surface area contributed by atoms with Crippen molar-refractivity contribution in [1.29, 1.82) is 0 Å². The van der Waals surface area contributed by atoms with Crippen LogP contribution in [0.15, 0.2) is 59.7 Å². The number of anilines is 1. The summed E-state index contributed by atoms with van der Waals surface area (Å²) in [6.07, 6.45) is 5.17. The Kier molecular flexibility index (Phi) is 6.07. The lowest BCUT2D eigenvalue weighted by Crippen LogP contribution is -2.23. The highest BCUT2D eigenvalue weighted by Gasteiger charge is 2.12. The Morgan fingerprint density at radius 2 is 1.70 bits per heavy atom. The number of benzene rings is 2. The van der Waals surface area contributed by atoms with Crippen LogP contribution in [0, 0.1) is 6.92 Å². The third-order valence-corrected chi connectivity index (χ3v) is 5.67. The number of hydrogen-bond acceptors (Lipinski definition) is 4. The van der Waals surface area contributed by atoms with Gasteiger partial charge in [-0.2, -0.15) is 5.10 Å². The van der Waals surface area contributed by atoms with Crippen LogP contribution < -0.4 is 10.3 Å². The van der Waals surface area contributed by atoms with Crippen molar-refractivity contribution < 1.29 is 4.79 Å². The summed E-state index contributed by atoms with van der Waals surface area (Å²) < 4.78 is 0. The summed E-state index contributed by atoms with van der Waals surface area (Å²) in [5, 5.41) is 5.18. The lowest BCUT2D eigenvalue weighted by molar-refractivity contribution is 0.0956. The summed E-state index contributed by atoms with van der Waals surface area (Å²) in [7, 11) is 0. The van der Waals surface area contributed by atoms with E-state index in [4.69, 9.17) is 0 Å². The third kappa shape index (κ3) is 4.51. The van der Waals surface area contributed by atoms with Crippen LogP contribution in [0.5, 0.6) is 0 Å². The summed E-state index contributed by atoms with van der Waals surface area (Å²) in [6, 6.07) is 17.9. The minimum atomic E-state index is -0.225. The Labute approximate surface area is 177 Å². The maximum atomic E-state index is 12.8. The largest absolute Gasteiger partial charge is 0.372 e. The molecule has 5 nitrogen and oxygen atoms in total. The summed E-state index contributed by atoms with van der Waals surface area (Å²) in [5.41, 5.74) is 7.97. The van der Waals surface area contributed by atoms with Gasteiger partial charge in [0.2, 0.25) is 0 Å². The second kappa shape index (κ2) is 9.08. The highest BCUT2D eigenvalue weighted by atomic mass is 16.2. The molecule has 4 rings (SSSR count). The van der Waals surface area contributed by atoms with Crippen LogP contribution in [-0.2, 0) is 0 Å². The van der Waals surface area contributed by atoms with E-state index in [1.807, 2.05) is 38.1 Å². The zero-order chi connectivity index (χ0) is 20.9. The first-order valence-electron chi connectivity index (χ1n) is 10.7.